The summed E-state index contributed by atoms with van der Waals surface area (Å²) in [5.41, 5.74) is 5.46. The number of carboxylic acids is 1. The van der Waals surface area contributed by atoms with Gasteiger partial charge >= 0.3 is 5.97 Å². The number of hydrogen-bond acceptors (Lipinski definition) is 5. The van der Waals surface area contributed by atoms with Crippen molar-refractivity contribution in [3.05, 3.63) is 23.7 Å². The molecule has 1 aromatic heterocycles. The van der Waals surface area contributed by atoms with E-state index in [9.17, 15) is 14.7 Å². The van der Waals surface area contributed by atoms with Crippen LogP contribution >= 0.6 is 11.8 Å². The zero-order valence-electron chi connectivity index (χ0n) is 10.8. The summed E-state index contributed by atoms with van der Waals surface area (Å²) in [5.74, 6) is 0.239. The normalized spacial score (nSPS) is 25.9. The number of thioether (sulfide) groups is 1. The zero-order valence-corrected chi connectivity index (χ0v) is 11.6. The SMILES string of the molecule is NCc1ccc(C(=O)N2C(C(=O)O)CSC2C2CC2)o1. The van der Waals surface area contributed by atoms with E-state index >= 15 is 0 Å². The summed E-state index contributed by atoms with van der Waals surface area (Å²) in [7, 11) is 0. The van der Waals surface area contributed by atoms with Gasteiger partial charge < -0.3 is 20.2 Å². The highest BCUT2D eigenvalue weighted by atomic mass is 32.2. The second-order valence-electron chi connectivity index (χ2n) is 5.10. The molecule has 0 aromatic carbocycles. The Bertz CT molecular complexity index is 540. The Morgan fingerprint density at radius 2 is 2.20 bits per heavy atom. The van der Waals surface area contributed by atoms with Gasteiger partial charge in [0.15, 0.2) is 5.76 Å². The molecular weight excluding hydrogens is 280 g/mol. The summed E-state index contributed by atoms with van der Waals surface area (Å²) in [5, 5.41) is 9.25. The third-order valence-corrected chi connectivity index (χ3v) is 5.12. The van der Waals surface area contributed by atoms with Gasteiger partial charge in [0.2, 0.25) is 0 Å². The van der Waals surface area contributed by atoms with E-state index in [0.717, 1.165) is 12.8 Å². The van der Waals surface area contributed by atoms with Crippen molar-refractivity contribution in [1.29, 1.82) is 0 Å². The van der Waals surface area contributed by atoms with Crippen molar-refractivity contribution in [2.45, 2.75) is 30.8 Å². The molecule has 2 aliphatic rings. The molecule has 0 spiro atoms. The monoisotopic (exact) mass is 296 g/mol. The molecular formula is C13H16N2O4S. The van der Waals surface area contributed by atoms with Gasteiger partial charge in [-0.25, -0.2) is 4.79 Å². The van der Waals surface area contributed by atoms with Crippen LogP contribution in [0.15, 0.2) is 16.5 Å². The molecule has 0 radical (unpaired) electrons. The fourth-order valence-corrected chi connectivity index (χ4v) is 4.08. The molecule has 2 fully saturated rings. The van der Waals surface area contributed by atoms with Crippen LogP contribution in [-0.2, 0) is 11.3 Å². The van der Waals surface area contributed by atoms with Gasteiger partial charge in [0, 0.05) is 5.75 Å². The molecule has 108 valence electrons. The number of rotatable bonds is 4. The summed E-state index contributed by atoms with van der Waals surface area (Å²) in [6.07, 6.45) is 2.11. The van der Waals surface area contributed by atoms with Crippen molar-refractivity contribution in [2.75, 3.05) is 5.75 Å². The van der Waals surface area contributed by atoms with Gasteiger partial charge in [0.05, 0.1) is 11.9 Å². The van der Waals surface area contributed by atoms with Gasteiger partial charge in [-0.05, 0) is 30.9 Å². The fourth-order valence-electron chi connectivity index (χ4n) is 2.45. The lowest BCUT2D eigenvalue weighted by Gasteiger charge is -2.26. The second-order valence-corrected chi connectivity index (χ2v) is 6.25. The number of amides is 1. The van der Waals surface area contributed by atoms with Crippen LogP contribution in [0.5, 0.6) is 0 Å². The molecule has 0 bridgehead atoms. The Labute approximate surface area is 120 Å². The first-order chi connectivity index (χ1) is 9.61. The van der Waals surface area contributed by atoms with Crippen molar-refractivity contribution in [3.8, 4) is 0 Å². The van der Waals surface area contributed by atoms with Gasteiger partial charge in [-0.3, -0.25) is 4.79 Å². The summed E-state index contributed by atoms with van der Waals surface area (Å²) < 4.78 is 5.37. The lowest BCUT2D eigenvalue weighted by molar-refractivity contribution is -0.141. The van der Waals surface area contributed by atoms with E-state index in [1.807, 2.05) is 0 Å². The van der Waals surface area contributed by atoms with Gasteiger partial charge in [-0.2, -0.15) is 0 Å². The van der Waals surface area contributed by atoms with Crippen LogP contribution in [0.3, 0.4) is 0 Å². The minimum atomic E-state index is -0.959. The Balaban J connectivity index is 1.86. The number of carboxylic acid groups (broad SMARTS) is 1. The number of carbonyl (C=O) groups is 2. The molecule has 1 aliphatic carbocycles. The summed E-state index contributed by atoms with van der Waals surface area (Å²) >= 11 is 1.55. The molecule has 2 atom stereocenters. The van der Waals surface area contributed by atoms with Crippen molar-refractivity contribution in [1.82, 2.24) is 4.90 Å². The first-order valence-corrected chi connectivity index (χ1v) is 7.62. The van der Waals surface area contributed by atoms with Crippen LogP contribution < -0.4 is 5.73 Å². The summed E-state index contributed by atoms with van der Waals surface area (Å²) in [4.78, 5) is 25.4. The maximum atomic E-state index is 12.5. The van der Waals surface area contributed by atoms with E-state index in [1.54, 1.807) is 23.9 Å². The van der Waals surface area contributed by atoms with Crippen molar-refractivity contribution in [3.63, 3.8) is 0 Å². The Kier molecular flexibility index (Phi) is 3.47. The van der Waals surface area contributed by atoms with Gasteiger partial charge in [-0.15, -0.1) is 11.8 Å². The number of carbonyl (C=O) groups excluding carboxylic acids is 1. The molecule has 20 heavy (non-hydrogen) atoms. The number of hydrogen-bond donors (Lipinski definition) is 2. The van der Waals surface area contributed by atoms with Crippen LogP contribution in [0.2, 0.25) is 0 Å². The molecule has 1 aliphatic heterocycles. The van der Waals surface area contributed by atoms with Gasteiger partial charge in [0.25, 0.3) is 5.91 Å². The van der Waals surface area contributed by atoms with Gasteiger partial charge in [0.1, 0.15) is 11.8 Å². The summed E-state index contributed by atoms with van der Waals surface area (Å²) in [6.45, 7) is 0.219. The molecule has 1 amide bonds. The molecule has 7 heteroatoms. The minimum absolute atomic E-state index is 0.0463. The number of aliphatic carboxylic acids is 1. The first kappa shape index (κ1) is 13.5. The fraction of sp³-hybridized carbons (Fsp3) is 0.538. The molecule has 1 aromatic rings. The largest absolute Gasteiger partial charge is 0.480 e. The predicted molar refractivity (Wildman–Crippen MR) is 73.2 cm³/mol. The smallest absolute Gasteiger partial charge is 0.327 e. The lowest BCUT2D eigenvalue weighted by atomic mass is 10.2. The van der Waals surface area contributed by atoms with E-state index in [-0.39, 0.29) is 23.6 Å². The highest BCUT2D eigenvalue weighted by Gasteiger charge is 2.48. The predicted octanol–water partition coefficient (Wildman–Crippen LogP) is 1.12. The van der Waals surface area contributed by atoms with Crippen molar-refractivity contribution < 1.29 is 19.1 Å². The standard InChI is InChI=1S/C13H16N2O4S/c14-5-8-3-4-10(19-8)11(16)15-9(13(17)18)6-20-12(15)7-1-2-7/h3-4,7,9,12H,1-2,5-6,14H2,(H,17,18). The van der Waals surface area contributed by atoms with Crippen LogP contribution in [0, 0.1) is 5.92 Å². The highest BCUT2D eigenvalue weighted by molar-refractivity contribution is 8.00. The van der Waals surface area contributed by atoms with Crippen LogP contribution in [0.1, 0.15) is 29.2 Å². The highest BCUT2D eigenvalue weighted by Crippen LogP contribution is 2.45. The van der Waals surface area contributed by atoms with E-state index < -0.39 is 12.0 Å². The first-order valence-electron chi connectivity index (χ1n) is 6.57. The third-order valence-electron chi connectivity index (χ3n) is 3.65. The van der Waals surface area contributed by atoms with E-state index in [4.69, 9.17) is 10.2 Å². The average Bonchev–Trinajstić information content (AvgIpc) is 3.02. The summed E-state index contributed by atoms with van der Waals surface area (Å²) in [6, 6.07) is 2.44. The molecule has 2 unspecified atom stereocenters. The average molecular weight is 296 g/mol. The molecule has 6 nitrogen and oxygen atoms in total. The molecule has 3 rings (SSSR count). The molecule has 2 heterocycles. The van der Waals surface area contributed by atoms with Crippen LogP contribution in [-0.4, -0.2) is 39.1 Å². The minimum Gasteiger partial charge on any atom is -0.480 e. The Morgan fingerprint density at radius 1 is 1.45 bits per heavy atom. The van der Waals surface area contributed by atoms with Crippen molar-refractivity contribution >= 4 is 23.6 Å². The van der Waals surface area contributed by atoms with Crippen LogP contribution in [0.25, 0.3) is 0 Å². The Morgan fingerprint density at radius 3 is 2.75 bits per heavy atom. The van der Waals surface area contributed by atoms with E-state index in [0.29, 0.717) is 17.4 Å². The lowest BCUT2D eigenvalue weighted by Crippen LogP contribution is -2.46. The van der Waals surface area contributed by atoms with Crippen molar-refractivity contribution in [2.24, 2.45) is 11.7 Å². The molecule has 3 N–H and O–H groups in total. The topological polar surface area (TPSA) is 96.8 Å². The van der Waals surface area contributed by atoms with E-state index in [2.05, 4.69) is 0 Å². The Hall–Kier alpha value is -1.47. The molecule has 1 saturated carbocycles. The molecule has 1 saturated heterocycles. The number of furan rings is 1. The zero-order chi connectivity index (χ0) is 14.3. The number of nitrogens with two attached hydrogens (primary N) is 1. The second kappa shape index (κ2) is 5.14. The third kappa shape index (κ3) is 2.31. The van der Waals surface area contributed by atoms with Gasteiger partial charge in [-0.1, -0.05) is 0 Å². The van der Waals surface area contributed by atoms with Crippen LogP contribution in [0.4, 0.5) is 0 Å². The van der Waals surface area contributed by atoms with E-state index in [1.165, 1.54) is 4.90 Å². The quantitative estimate of drug-likeness (QED) is 0.864. The number of nitrogens with zero attached hydrogens (tertiary/aromatic N) is 1. The maximum Gasteiger partial charge on any atom is 0.327 e. The maximum absolute atomic E-state index is 12.5.